The van der Waals surface area contributed by atoms with E-state index in [0.29, 0.717) is 18.4 Å². The zero-order valence-electron chi connectivity index (χ0n) is 21.9. The van der Waals surface area contributed by atoms with E-state index in [-0.39, 0.29) is 38.6 Å². The number of primary amides is 2. The van der Waals surface area contributed by atoms with Crippen LogP contribution in [0.5, 0.6) is 0 Å². The fraction of sp³-hybridized carbons (Fsp3) is 0.462. The summed E-state index contributed by atoms with van der Waals surface area (Å²) in [7, 11) is 0. The van der Waals surface area contributed by atoms with Crippen LogP contribution in [0.4, 0.5) is 0 Å². The van der Waals surface area contributed by atoms with Crippen molar-refractivity contribution in [2.45, 2.75) is 69.1 Å². The van der Waals surface area contributed by atoms with Crippen LogP contribution in [0.25, 0.3) is 10.9 Å². The average molecular weight is 558 g/mol. The minimum atomic E-state index is -1.33. The number of nitrogens with one attached hydrogen (secondary N) is 3. The number of fused-ring (bicyclic) bond motifs is 1. The number of hydrogen-bond acceptors (Lipinski definition) is 7. The predicted molar refractivity (Wildman–Crippen MR) is 143 cm³/mol. The second kappa shape index (κ2) is 13.6. The number of H-pyrrole nitrogens is 1. The number of hydrogen-bond donors (Lipinski definition) is 7. The van der Waals surface area contributed by atoms with Crippen LogP contribution < -0.4 is 27.8 Å². The summed E-state index contributed by atoms with van der Waals surface area (Å²) in [6, 6.07) is 2.73. The topological polar surface area (TPSA) is 244 Å². The molecule has 0 saturated carbocycles. The van der Waals surface area contributed by atoms with E-state index >= 15 is 0 Å². The van der Waals surface area contributed by atoms with Gasteiger partial charge in [-0.25, -0.2) is 4.79 Å². The quantitative estimate of drug-likeness (QED) is 0.145. The lowest BCUT2D eigenvalue weighted by Gasteiger charge is -2.28. The van der Waals surface area contributed by atoms with Crippen molar-refractivity contribution in [1.82, 2.24) is 20.5 Å². The molecule has 5 amide bonds. The van der Waals surface area contributed by atoms with Crippen LogP contribution in [0.2, 0.25) is 0 Å². The van der Waals surface area contributed by atoms with Gasteiger partial charge in [-0.2, -0.15) is 0 Å². The standard InChI is InChI=1S/C26H35N7O7/c27-16(7-9-21(28)34)25(38)33-11-3-6-20(33)24(37)31-18(8-10-22(29)35)23(36)32-19(26(39)40)12-14-13-30-17-5-2-1-4-15(14)17/h1-2,4-5,13,16,18-20,30H,3,6-12,27H2,(H2,28,34)(H2,29,35)(H,31,37)(H,32,36)(H,39,40). The zero-order valence-corrected chi connectivity index (χ0v) is 21.9. The van der Waals surface area contributed by atoms with E-state index in [1.807, 2.05) is 24.3 Å². The highest BCUT2D eigenvalue weighted by atomic mass is 16.4. The number of likely N-dealkylation sites (tertiary alicyclic amines) is 1. The van der Waals surface area contributed by atoms with Crippen molar-refractivity contribution >= 4 is 46.4 Å². The second-order valence-corrected chi connectivity index (χ2v) is 9.83. The lowest BCUT2D eigenvalue weighted by molar-refractivity contribution is -0.143. The van der Waals surface area contributed by atoms with Gasteiger partial charge in [-0.3, -0.25) is 24.0 Å². The number of benzene rings is 1. The van der Waals surface area contributed by atoms with Gasteiger partial charge in [-0.15, -0.1) is 0 Å². The van der Waals surface area contributed by atoms with Crippen LogP contribution in [0.15, 0.2) is 30.5 Å². The number of carboxylic acid groups (broad SMARTS) is 1. The fourth-order valence-electron chi connectivity index (χ4n) is 4.75. The molecule has 2 aromatic rings. The lowest BCUT2D eigenvalue weighted by Crippen LogP contribution is -2.57. The van der Waals surface area contributed by atoms with Gasteiger partial charge in [0.15, 0.2) is 0 Å². The molecular weight excluding hydrogens is 522 g/mol. The molecule has 14 heteroatoms. The molecule has 1 aromatic carbocycles. The number of aromatic nitrogens is 1. The summed E-state index contributed by atoms with van der Waals surface area (Å²) >= 11 is 0. The van der Waals surface area contributed by atoms with Gasteiger partial charge < -0.3 is 42.8 Å². The van der Waals surface area contributed by atoms with Gasteiger partial charge >= 0.3 is 5.97 Å². The Bertz CT molecular complexity index is 1280. The van der Waals surface area contributed by atoms with Crippen molar-refractivity contribution in [2.75, 3.05) is 6.54 Å². The molecule has 0 spiro atoms. The van der Waals surface area contributed by atoms with Crippen molar-refractivity contribution in [2.24, 2.45) is 17.2 Å². The molecule has 1 aromatic heterocycles. The summed E-state index contributed by atoms with van der Waals surface area (Å²) in [6.45, 7) is 0.255. The van der Waals surface area contributed by atoms with Crippen LogP contribution in [0.3, 0.4) is 0 Å². The third-order valence-corrected chi connectivity index (χ3v) is 6.88. The van der Waals surface area contributed by atoms with Gasteiger partial charge in [-0.05, 0) is 37.3 Å². The first-order valence-electron chi connectivity index (χ1n) is 13.0. The summed E-state index contributed by atoms with van der Waals surface area (Å²) in [5, 5.41) is 15.6. The molecule has 14 nitrogen and oxygen atoms in total. The third-order valence-electron chi connectivity index (χ3n) is 6.88. The summed E-state index contributed by atoms with van der Waals surface area (Å²) in [6.07, 6.45) is 1.97. The Labute approximate surface area is 230 Å². The van der Waals surface area contributed by atoms with Gasteiger partial charge in [0.25, 0.3) is 0 Å². The Morgan fingerprint density at radius 3 is 2.35 bits per heavy atom. The maximum atomic E-state index is 13.2. The molecule has 10 N–H and O–H groups in total. The number of rotatable bonds is 14. The second-order valence-electron chi connectivity index (χ2n) is 9.83. The van der Waals surface area contributed by atoms with Gasteiger partial charge in [0, 0.05) is 42.9 Å². The molecule has 40 heavy (non-hydrogen) atoms. The van der Waals surface area contributed by atoms with Crippen molar-refractivity contribution in [1.29, 1.82) is 0 Å². The summed E-state index contributed by atoms with van der Waals surface area (Å²) < 4.78 is 0. The number of nitrogens with two attached hydrogens (primary N) is 3. The molecule has 0 radical (unpaired) electrons. The number of amides is 5. The smallest absolute Gasteiger partial charge is 0.326 e. The molecule has 3 rings (SSSR count). The van der Waals surface area contributed by atoms with Crippen LogP contribution >= 0.6 is 0 Å². The first-order chi connectivity index (χ1) is 19.0. The molecule has 1 aliphatic heterocycles. The molecule has 1 fully saturated rings. The Morgan fingerprint density at radius 1 is 1.00 bits per heavy atom. The number of aliphatic carboxylic acids is 1. The summed E-state index contributed by atoms with van der Waals surface area (Å²) in [4.78, 5) is 78.1. The Kier molecular flexibility index (Phi) is 10.2. The minimum absolute atomic E-state index is 0.0235. The maximum absolute atomic E-state index is 13.2. The Hall–Kier alpha value is -4.46. The Balaban J connectivity index is 1.71. The van der Waals surface area contributed by atoms with Crippen LogP contribution in [0.1, 0.15) is 44.1 Å². The van der Waals surface area contributed by atoms with Crippen molar-refractivity contribution in [3.05, 3.63) is 36.0 Å². The normalized spacial score (nSPS) is 17.1. The monoisotopic (exact) mass is 557 g/mol. The van der Waals surface area contributed by atoms with E-state index in [9.17, 15) is 33.9 Å². The average Bonchev–Trinajstić information content (AvgIpc) is 3.56. The van der Waals surface area contributed by atoms with Crippen LogP contribution in [0, 0.1) is 0 Å². The molecule has 2 heterocycles. The van der Waals surface area contributed by atoms with Gasteiger partial charge in [0.1, 0.15) is 18.1 Å². The molecule has 1 saturated heterocycles. The largest absolute Gasteiger partial charge is 0.480 e. The van der Waals surface area contributed by atoms with E-state index in [2.05, 4.69) is 15.6 Å². The number of para-hydroxylation sites is 1. The minimum Gasteiger partial charge on any atom is -0.480 e. The summed E-state index contributed by atoms with van der Waals surface area (Å²) in [5.74, 6) is -4.58. The van der Waals surface area contributed by atoms with E-state index in [1.165, 1.54) is 4.90 Å². The van der Waals surface area contributed by atoms with Gasteiger partial charge in [0.05, 0.1) is 6.04 Å². The van der Waals surface area contributed by atoms with Crippen molar-refractivity contribution in [3.63, 3.8) is 0 Å². The van der Waals surface area contributed by atoms with Crippen molar-refractivity contribution in [3.8, 4) is 0 Å². The van der Waals surface area contributed by atoms with Gasteiger partial charge in [0.2, 0.25) is 29.5 Å². The van der Waals surface area contributed by atoms with E-state index < -0.39 is 59.7 Å². The molecule has 0 aliphatic carbocycles. The predicted octanol–water partition coefficient (Wildman–Crippen LogP) is -1.39. The van der Waals surface area contributed by atoms with Crippen molar-refractivity contribution < 1.29 is 33.9 Å². The highest BCUT2D eigenvalue weighted by molar-refractivity contribution is 5.95. The lowest BCUT2D eigenvalue weighted by atomic mass is 10.0. The van der Waals surface area contributed by atoms with Gasteiger partial charge in [-0.1, -0.05) is 18.2 Å². The molecule has 216 valence electrons. The van der Waals surface area contributed by atoms with Crippen LogP contribution in [-0.2, 0) is 35.2 Å². The SMILES string of the molecule is NC(=O)CCC(N)C(=O)N1CCCC1C(=O)NC(CCC(N)=O)C(=O)NC(Cc1c[nH]c2ccccc12)C(=O)O. The molecule has 4 unspecified atom stereocenters. The third kappa shape index (κ3) is 7.79. The first kappa shape index (κ1) is 30.1. The number of carbonyl (C=O) groups excluding carboxylic acids is 5. The van der Waals surface area contributed by atoms with E-state index in [1.54, 1.807) is 6.20 Å². The zero-order chi connectivity index (χ0) is 29.4. The maximum Gasteiger partial charge on any atom is 0.326 e. The number of carboxylic acids is 1. The Morgan fingerprint density at radius 2 is 1.68 bits per heavy atom. The fourth-order valence-corrected chi connectivity index (χ4v) is 4.75. The van der Waals surface area contributed by atoms with Crippen LogP contribution in [-0.4, -0.2) is 81.2 Å². The first-order valence-corrected chi connectivity index (χ1v) is 13.0. The number of aromatic amines is 1. The number of carbonyl (C=O) groups is 6. The highest BCUT2D eigenvalue weighted by Crippen LogP contribution is 2.21. The van der Waals surface area contributed by atoms with E-state index in [4.69, 9.17) is 17.2 Å². The molecular formula is C26H35N7O7. The molecule has 0 bridgehead atoms. The molecule has 4 atom stereocenters. The summed E-state index contributed by atoms with van der Waals surface area (Å²) in [5.41, 5.74) is 17.8. The highest BCUT2D eigenvalue weighted by Gasteiger charge is 2.38. The number of nitrogens with zero attached hydrogens (tertiary/aromatic N) is 1. The van der Waals surface area contributed by atoms with E-state index in [0.717, 1.165) is 10.9 Å². The molecule has 1 aliphatic rings.